The molecule has 1 aliphatic heterocycles. The van der Waals surface area contributed by atoms with Crippen molar-refractivity contribution in [3.05, 3.63) is 35.9 Å². The molecule has 4 heteroatoms. The number of hydrogen-bond acceptors (Lipinski definition) is 3. The van der Waals surface area contributed by atoms with E-state index in [0.717, 1.165) is 5.56 Å². The molecule has 1 aromatic rings. The van der Waals surface area contributed by atoms with E-state index in [0.29, 0.717) is 13.0 Å². The lowest BCUT2D eigenvalue weighted by Gasteiger charge is -2.27. The normalized spacial score (nSPS) is 26.1. The Morgan fingerprint density at radius 3 is 2.73 bits per heavy atom. The molecule has 2 atom stereocenters. The molecule has 1 aromatic carbocycles. The van der Waals surface area contributed by atoms with Crippen molar-refractivity contribution in [2.24, 2.45) is 0 Å². The van der Waals surface area contributed by atoms with Crippen LogP contribution in [-0.2, 0) is 14.3 Å². The Labute approximate surface area is 87.4 Å². The van der Waals surface area contributed by atoms with Gasteiger partial charge in [0.05, 0.1) is 6.61 Å². The van der Waals surface area contributed by atoms with Crippen LogP contribution in [0.2, 0.25) is 0 Å². The molecule has 4 nitrogen and oxygen atoms in total. The molecule has 0 aromatic heterocycles. The van der Waals surface area contributed by atoms with Crippen LogP contribution in [0.3, 0.4) is 0 Å². The summed E-state index contributed by atoms with van der Waals surface area (Å²) in [4.78, 5) is 10.8. The zero-order valence-corrected chi connectivity index (χ0v) is 8.13. The molecule has 80 valence electrons. The highest BCUT2D eigenvalue weighted by molar-refractivity contribution is 5.72. The van der Waals surface area contributed by atoms with Crippen molar-refractivity contribution in [3.8, 4) is 0 Å². The van der Waals surface area contributed by atoms with E-state index in [1.807, 2.05) is 30.3 Å². The predicted molar refractivity (Wildman–Crippen MR) is 52.3 cm³/mol. The molecular weight excluding hydrogens is 196 g/mol. The minimum absolute atomic E-state index is 0.401. The first-order chi connectivity index (χ1) is 7.27. The fraction of sp³-hybridized carbons (Fsp3) is 0.364. The van der Waals surface area contributed by atoms with Gasteiger partial charge in [0, 0.05) is 12.0 Å². The van der Waals surface area contributed by atoms with E-state index >= 15 is 0 Å². The van der Waals surface area contributed by atoms with Gasteiger partial charge in [-0.15, -0.1) is 0 Å². The van der Waals surface area contributed by atoms with E-state index in [-0.39, 0.29) is 0 Å². The van der Waals surface area contributed by atoms with Crippen molar-refractivity contribution in [1.29, 1.82) is 0 Å². The molecule has 1 heterocycles. The standard InChI is InChI=1S/C11H12O4/c12-10(13)9-6-7-14-11(15-9)8-4-2-1-3-5-8/h1-5,9,11H,6-7H2,(H,12,13)/t9-,11+/m0/s1. The molecular formula is C11H12O4. The summed E-state index contributed by atoms with van der Waals surface area (Å²) < 4.78 is 10.7. The van der Waals surface area contributed by atoms with Gasteiger partial charge in [-0.3, -0.25) is 0 Å². The lowest BCUT2D eigenvalue weighted by molar-refractivity contribution is -0.224. The van der Waals surface area contributed by atoms with E-state index in [1.54, 1.807) is 0 Å². The molecule has 0 unspecified atom stereocenters. The maximum Gasteiger partial charge on any atom is 0.333 e. The third-order valence-corrected chi connectivity index (χ3v) is 2.28. The second-order valence-corrected chi connectivity index (χ2v) is 3.37. The SMILES string of the molecule is O=C(O)[C@@H]1CCO[C@@H](c2ccccc2)O1. The summed E-state index contributed by atoms with van der Waals surface area (Å²) in [6.45, 7) is 0.413. The van der Waals surface area contributed by atoms with Gasteiger partial charge >= 0.3 is 5.97 Å². The molecule has 1 aliphatic rings. The van der Waals surface area contributed by atoms with Crippen molar-refractivity contribution >= 4 is 5.97 Å². The van der Waals surface area contributed by atoms with Gasteiger partial charge in [0.25, 0.3) is 0 Å². The summed E-state index contributed by atoms with van der Waals surface area (Å²) >= 11 is 0. The van der Waals surface area contributed by atoms with Crippen LogP contribution in [-0.4, -0.2) is 23.8 Å². The van der Waals surface area contributed by atoms with Gasteiger partial charge in [-0.05, 0) is 0 Å². The fourth-order valence-corrected chi connectivity index (χ4v) is 1.51. The van der Waals surface area contributed by atoms with Crippen molar-refractivity contribution < 1.29 is 19.4 Å². The molecule has 15 heavy (non-hydrogen) atoms. The van der Waals surface area contributed by atoms with Crippen LogP contribution in [0.25, 0.3) is 0 Å². The minimum atomic E-state index is -0.931. The van der Waals surface area contributed by atoms with Gasteiger partial charge in [0.2, 0.25) is 0 Å². The summed E-state index contributed by atoms with van der Waals surface area (Å²) in [7, 11) is 0. The second-order valence-electron chi connectivity index (χ2n) is 3.37. The highest BCUT2D eigenvalue weighted by atomic mass is 16.7. The first-order valence-electron chi connectivity index (χ1n) is 4.82. The predicted octanol–water partition coefficient (Wildman–Crippen LogP) is 1.58. The summed E-state index contributed by atoms with van der Waals surface area (Å²) in [5, 5.41) is 8.82. The fourth-order valence-electron chi connectivity index (χ4n) is 1.51. The molecule has 0 spiro atoms. The number of carboxylic acid groups (broad SMARTS) is 1. The quantitative estimate of drug-likeness (QED) is 0.801. The number of carbonyl (C=O) groups is 1. The molecule has 0 radical (unpaired) electrons. The van der Waals surface area contributed by atoms with Crippen molar-refractivity contribution in [1.82, 2.24) is 0 Å². The van der Waals surface area contributed by atoms with Gasteiger partial charge in [-0.25, -0.2) is 4.79 Å². The Morgan fingerprint density at radius 2 is 2.07 bits per heavy atom. The van der Waals surface area contributed by atoms with Crippen molar-refractivity contribution in [2.75, 3.05) is 6.61 Å². The average molecular weight is 208 g/mol. The van der Waals surface area contributed by atoms with Gasteiger partial charge in [0.15, 0.2) is 12.4 Å². The molecule has 0 saturated carbocycles. The Bertz CT molecular complexity index is 336. The largest absolute Gasteiger partial charge is 0.479 e. The van der Waals surface area contributed by atoms with E-state index in [9.17, 15) is 4.79 Å². The second kappa shape index (κ2) is 4.42. The number of ether oxygens (including phenoxy) is 2. The Kier molecular flexibility index (Phi) is 2.99. The summed E-state index contributed by atoms with van der Waals surface area (Å²) in [6, 6.07) is 9.34. The summed E-state index contributed by atoms with van der Waals surface area (Å²) in [5.41, 5.74) is 0.850. The number of aliphatic carboxylic acids is 1. The summed E-state index contributed by atoms with van der Waals surface area (Å²) in [6.07, 6.45) is -0.913. The smallest absolute Gasteiger partial charge is 0.333 e. The van der Waals surface area contributed by atoms with Gasteiger partial charge in [-0.1, -0.05) is 30.3 Å². The molecule has 0 amide bonds. The maximum atomic E-state index is 10.8. The zero-order chi connectivity index (χ0) is 10.7. The zero-order valence-electron chi connectivity index (χ0n) is 8.13. The maximum absolute atomic E-state index is 10.8. The first kappa shape index (κ1) is 10.1. The lowest BCUT2D eigenvalue weighted by Crippen LogP contribution is -2.33. The Morgan fingerprint density at radius 1 is 1.33 bits per heavy atom. The van der Waals surface area contributed by atoms with E-state index in [1.165, 1.54) is 0 Å². The highest BCUT2D eigenvalue weighted by Crippen LogP contribution is 2.25. The molecule has 0 bridgehead atoms. The first-order valence-corrected chi connectivity index (χ1v) is 4.82. The monoisotopic (exact) mass is 208 g/mol. The highest BCUT2D eigenvalue weighted by Gasteiger charge is 2.28. The molecule has 1 saturated heterocycles. The van der Waals surface area contributed by atoms with Crippen molar-refractivity contribution in [3.63, 3.8) is 0 Å². The average Bonchev–Trinajstić information content (AvgIpc) is 2.30. The van der Waals surface area contributed by atoms with Crippen LogP contribution in [0, 0.1) is 0 Å². The van der Waals surface area contributed by atoms with E-state index < -0.39 is 18.4 Å². The van der Waals surface area contributed by atoms with Crippen LogP contribution in [0.1, 0.15) is 18.3 Å². The summed E-state index contributed by atoms with van der Waals surface area (Å²) in [5.74, 6) is -0.931. The van der Waals surface area contributed by atoms with Gasteiger partial charge < -0.3 is 14.6 Å². The van der Waals surface area contributed by atoms with Gasteiger partial charge in [0.1, 0.15) is 0 Å². The lowest BCUT2D eigenvalue weighted by atomic mass is 10.2. The minimum Gasteiger partial charge on any atom is -0.479 e. The van der Waals surface area contributed by atoms with Crippen LogP contribution < -0.4 is 0 Å². The molecule has 1 N–H and O–H groups in total. The number of hydrogen-bond donors (Lipinski definition) is 1. The van der Waals surface area contributed by atoms with Crippen LogP contribution in [0.4, 0.5) is 0 Å². The number of rotatable bonds is 2. The number of benzene rings is 1. The third kappa shape index (κ3) is 2.34. The van der Waals surface area contributed by atoms with Crippen LogP contribution in [0.5, 0.6) is 0 Å². The molecule has 2 rings (SSSR count). The third-order valence-electron chi connectivity index (χ3n) is 2.28. The van der Waals surface area contributed by atoms with Crippen LogP contribution >= 0.6 is 0 Å². The van der Waals surface area contributed by atoms with Gasteiger partial charge in [-0.2, -0.15) is 0 Å². The Hall–Kier alpha value is -1.39. The molecule has 0 aliphatic carbocycles. The van der Waals surface area contributed by atoms with Crippen molar-refractivity contribution in [2.45, 2.75) is 18.8 Å². The molecule has 1 fully saturated rings. The number of carboxylic acids is 1. The topological polar surface area (TPSA) is 55.8 Å². The Balaban J connectivity index is 2.08. The van der Waals surface area contributed by atoms with E-state index in [4.69, 9.17) is 14.6 Å². The van der Waals surface area contributed by atoms with Crippen LogP contribution in [0.15, 0.2) is 30.3 Å². The van der Waals surface area contributed by atoms with E-state index in [2.05, 4.69) is 0 Å².